The summed E-state index contributed by atoms with van der Waals surface area (Å²) in [5.74, 6) is -0.270. The lowest BCUT2D eigenvalue weighted by Gasteiger charge is -2.18. The zero-order valence-corrected chi connectivity index (χ0v) is 12.7. The van der Waals surface area contributed by atoms with Gasteiger partial charge in [-0.2, -0.15) is 0 Å². The molecule has 110 valence electrons. The van der Waals surface area contributed by atoms with E-state index in [0.717, 1.165) is 5.56 Å². The van der Waals surface area contributed by atoms with Crippen molar-refractivity contribution in [3.63, 3.8) is 0 Å². The maximum absolute atomic E-state index is 12.2. The van der Waals surface area contributed by atoms with Crippen LogP contribution in [0.25, 0.3) is 0 Å². The molecule has 2 aromatic carbocycles. The van der Waals surface area contributed by atoms with Gasteiger partial charge in [0.1, 0.15) is 0 Å². The number of anilines is 1. The second kappa shape index (κ2) is 6.80. The summed E-state index contributed by atoms with van der Waals surface area (Å²) in [6.07, 6.45) is 0. The van der Waals surface area contributed by atoms with Gasteiger partial charge in [-0.05, 0) is 35.9 Å². The summed E-state index contributed by atoms with van der Waals surface area (Å²) in [4.78, 5) is 12.2. The molecule has 0 bridgehead atoms. The van der Waals surface area contributed by atoms with E-state index in [4.69, 9.17) is 34.7 Å². The Hall–Kier alpha value is -1.75. The standard InChI is InChI=1S/C15H15Cl2N3O/c16-11-3-1-2-9(6-11)14(8-18)20-15(21)10-4-5-12(17)13(19)7-10/h1-7,14H,8,18-19H2,(H,20,21)/t14-/m0/s1. The highest BCUT2D eigenvalue weighted by atomic mass is 35.5. The molecule has 0 radical (unpaired) electrons. The summed E-state index contributed by atoms with van der Waals surface area (Å²) in [6, 6.07) is 11.6. The highest BCUT2D eigenvalue weighted by Crippen LogP contribution is 2.21. The highest BCUT2D eigenvalue weighted by Gasteiger charge is 2.15. The smallest absolute Gasteiger partial charge is 0.251 e. The van der Waals surface area contributed by atoms with Gasteiger partial charge in [0.2, 0.25) is 0 Å². The van der Waals surface area contributed by atoms with Gasteiger partial charge in [-0.3, -0.25) is 4.79 Å². The summed E-state index contributed by atoms with van der Waals surface area (Å²) in [5, 5.41) is 3.86. The third-order valence-corrected chi connectivity index (χ3v) is 3.63. The van der Waals surface area contributed by atoms with Crippen LogP contribution in [-0.2, 0) is 0 Å². The van der Waals surface area contributed by atoms with Crippen LogP contribution < -0.4 is 16.8 Å². The lowest BCUT2D eigenvalue weighted by molar-refractivity contribution is 0.0938. The minimum atomic E-state index is -0.326. The average molecular weight is 324 g/mol. The zero-order valence-electron chi connectivity index (χ0n) is 11.1. The summed E-state index contributed by atoms with van der Waals surface area (Å²) >= 11 is 11.8. The van der Waals surface area contributed by atoms with Crippen LogP contribution in [0, 0.1) is 0 Å². The number of halogens is 2. The molecule has 0 fully saturated rings. The normalized spacial score (nSPS) is 12.0. The van der Waals surface area contributed by atoms with Gasteiger partial charge in [-0.15, -0.1) is 0 Å². The quantitative estimate of drug-likeness (QED) is 0.756. The molecule has 0 aromatic heterocycles. The van der Waals surface area contributed by atoms with E-state index in [9.17, 15) is 4.79 Å². The van der Waals surface area contributed by atoms with Crippen molar-refractivity contribution in [2.45, 2.75) is 6.04 Å². The van der Waals surface area contributed by atoms with E-state index in [-0.39, 0.29) is 18.5 Å². The van der Waals surface area contributed by atoms with Gasteiger partial charge in [0.15, 0.2) is 0 Å². The molecule has 0 aliphatic rings. The van der Waals surface area contributed by atoms with Crippen molar-refractivity contribution < 1.29 is 4.79 Å². The molecular weight excluding hydrogens is 309 g/mol. The molecule has 6 heteroatoms. The Morgan fingerprint density at radius 3 is 2.57 bits per heavy atom. The Morgan fingerprint density at radius 1 is 1.19 bits per heavy atom. The monoisotopic (exact) mass is 323 g/mol. The summed E-state index contributed by atoms with van der Waals surface area (Å²) in [7, 11) is 0. The van der Waals surface area contributed by atoms with E-state index in [1.54, 1.807) is 24.3 Å². The lowest BCUT2D eigenvalue weighted by Crippen LogP contribution is -2.33. The molecule has 0 saturated heterocycles. The number of rotatable bonds is 4. The van der Waals surface area contributed by atoms with Gasteiger partial charge in [-0.25, -0.2) is 0 Å². The molecule has 0 saturated carbocycles. The first-order valence-corrected chi connectivity index (χ1v) is 7.08. The van der Waals surface area contributed by atoms with Gasteiger partial charge < -0.3 is 16.8 Å². The fourth-order valence-corrected chi connectivity index (χ4v) is 2.24. The number of carbonyl (C=O) groups is 1. The first-order chi connectivity index (χ1) is 10.0. The molecule has 0 aliphatic carbocycles. The lowest BCUT2D eigenvalue weighted by atomic mass is 10.1. The fraction of sp³-hybridized carbons (Fsp3) is 0.133. The van der Waals surface area contributed by atoms with Crippen LogP contribution >= 0.6 is 23.2 Å². The highest BCUT2D eigenvalue weighted by molar-refractivity contribution is 6.33. The molecule has 2 rings (SSSR count). The van der Waals surface area contributed by atoms with Crippen molar-refractivity contribution >= 4 is 34.8 Å². The molecule has 0 unspecified atom stereocenters. The largest absolute Gasteiger partial charge is 0.398 e. The maximum Gasteiger partial charge on any atom is 0.251 e. The predicted molar refractivity (Wildman–Crippen MR) is 86.6 cm³/mol. The van der Waals surface area contributed by atoms with Crippen molar-refractivity contribution in [3.8, 4) is 0 Å². The molecule has 5 N–H and O–H groups in total. The van der Waals surface area contributed by atoms with Gasteiger partial charge >= 0.3 is 0 Å². The zero-order chi connectivity index (χ0) is 15.4. The van der Waals surface area contributed by atoms with Crippen LogP contribution in [0.1, 0.15) is 22.0 Å². The SMILES string of the molecule is NC[C@H](NC(=O)c1ccc(Cl)c(N)c1)c1cccc(Cl)c1. The number of nitrogen functional groups attached to an aromatic ring is 1. The van der Waals surface area contributed by atoms with E-state index in [1.807, 2.05) is 12.1 Å². The number of benzene rings is 2. The first-order valence-electron chi connectivity index (χ1n) is 6.32. The Bertz CT molecular complexity index is 661. The Labute approximate surface area is 133 Å². The fourth-order valence-electron chi connectivity index (χ4n) is 1.93. The third kappa shape index (κ3) is 3.88. The number of nitrogens with one attached hydrogen (secondary N) is 1. The molecule has 0 spiro atoms. The number of carbonyl (C=O) groups excluding carboxylic acids is 1. The van der Waals surface area contributed by atoms with E-state index in [2.05, 4.69) is 5.32 Å². The average Bonchev–Trinajstić information content (AvgIpc) is 2.47. The van der Waals surface area contributed by atoms with Gasteiger partial charge in [0, 0.05) is 17.1 Å². The van der Waals surface area contributed by atoms with E-state index in [0.29, 0.717) is 21.3 Å². The summed E-state index contributed by atoms with van der Waals surface area (Å²) < 4.78 is 0. The minimum absolute atomic E-state index is 0.259. The van der Waals surface area contributed by atoms with Crippen molar-refractivity contribution in [2.75, 3.05) is 12.3 Å². The number of amides is 1. The second-order valence-corrected chi connectivity index (χ2v) is 5.40. The minimum Gasteiger partial charge on any atom is -0.398 e. The molecule has 4 nitrogen and oxygen atoms in total. The van der Waals surface area contributed by atoms with E-state index < -0.39 is 0 Å². The van der Waals surface area contributed by atoms with Crippen LogP contribution in [0.15, 0.2) is 42.5 Å². The van der Waals surface area contributed by atoms with E-state index in [1.165, 1.54) is 6.07 Å². The Kier molecular flexibility index (Phi) is 5.07. The predicted octanol–water partition coefficient (Wildman–Crippen LogP) is 3.01. The molecule has 0 aliphatic heterocycles. The topological polar surface area (TPSA) is 81.1 Å². The van der Waals surface area contributed by atoms with Crippen LogP contribution in [0.4, 0.5) is 5.69 Å². The van der Waals surface area contributed by atoms with Crippen molar-refractivity contribution in [1.29, 1.82) is 0 Å². The van der Waals surface area contributed by atoms with Gasteiger partial charge in [-0.1, -0.05) is 35.3 Å². The second-order valence-electron chi connectivity index (χ2n) is 4.55. The van der Waals surface area contributed by atoms with Crippen molar-refractivity contribution in [1.82, 2.24) is 5.32 Å². The summed E-state index contributed by atoms with van der Waals surface area (Å²) in [6.45, 7) is 0.259. The Balaban J connectivity index is 2.18. The van der Waals surface area contributed by atoms with Crippen molar-refractivity contribution in [3.05, 3.63) is 63.6 Å². The molecular formula is C15H15Cl2N3O. The Morgan fingerprint density at radius 2 is 1.95 bits per heavy atom. The van der Waals surface area contributed by atoms with E-state index >= 15 is 0 Å². The van der Waals surface area contributed by atoms with Gasteiger partial charge in [0.05, 0.1) is 16.8 Å². The van der Waals surface area contributed by atoms with Crippen molar-refractivity contribution in [2.24, 2.45) is 5.73 Å². The third-order valence-electron chi connectivity index (χ3n) is 3.05. The molecule has 1 amide bonds. The number of nitrogens with two attached hydrogens (primary N) is 2. The number of hydrogen-bond donors (Lipinski definition) is 3. The molecule has 1 atom stereocenters. The summed E-state index contributed by atoms with van der Waals surface area (Å²) in [5.41, 5.74) is 13.1. The van der Waals surface area contributed by atoms with Crippen LogP contribution in [0.3, 0.4) is 0 Å². The first kappa shape index (κ1) is 15.6. The molecule has 21 heavy (non-hydrogen) atoms. The number of hydrogen-bond acceptors (Lipinski definition) is 3. The van der Waals surface area contributed by atoms with Crippen LogP contribution in [0.5, 0.6) is 0 Å². The molecule has 0 heterocycles. The molecule has 2 aromatic rings. The maximum atomic E-state index is 12.2. The van der Waals surface area contributed by atoms with Crippen LogP contribution in [-0.4, -0.2) is 12.5 Å². The van der Waals surface area contributed by atoms with Gasteiger partial charge in [0.25, 0.3) is 5.91 Å². The van der Waals surface area contributed by atoms with Crippen LogP contribution in [0.2, 0.25) is 10.0 Å².